The largest absolute Gasteiger partial charge is 0.439 e. The quantitative estimate of drug-likeness (QED) is 0.448. The van der Waals surface area contributed by atoms with E-state index in [-0.39, 0.29) is 5.91 Å². The molecule has 0 atom stereocenters. The summed E-state index contributed by atoms with van der Waals surface area (Å²) in [5.74, 6) is 2.70. The van der Waals surface area contributed by atoms with E-state index in [2.05, 4.69) is 20.0 Å². The molecular weight excluding hydrogens is 436 g/mol. The van der Waals surface area contributed by atoms with Crippen molar-refractivity contribution in [1.82, 2.24) is 24.6 Å². The molecule has 0 radical (unpaired) electrons. The first kappa shape index (κ1) is 21.1. The highest BCUT2D eigenvalue weighted by atomic mass is 32.1. The second-order valence-corrected chi connectivity index (χ2v) is 8.77. The van der Waals surface area contributed by atoms with Crippen molar-refractivity contribution in [2.24, 2.45) is 7.05 Å². The zero-order valence-corrected chi connectivity index (χ0v) is 19.3. The monoisotopic (exact) mass is 460 g/mol. The van der Waals surface area contributed by atoms with Gasteiger partial charge in [0.25, 0.3) is 5.91 Å². The van der Waals surface area contributed by atoms with Crippen molar-refractivity contribution >= 4 is 23.1 Å². The number of rotatable bonds is 5. The average molecular weight is 461 g/mol. The van der Waals surface area contributed by atoms with Crippen LogP contribution in [0, 0.1) is 6.92 Å². The highest BCUT2D eigenvalue weighted by Gasteiger charge is 2.26. The van der Waals surface area contributed by atoms with Gasteiger partial charge in [0.1, 0.15) is 28.8 Å². The van der Waals surface area contributed by atoms with Gasteiger partial charge in [-0.2, -0.15) is 10.1 Å². The van der Waals surface area contributed by atoms with Gasteiger partial charge in [0, 0.05) is 39.3 Å². The Balaban J connectivity index is 1.26. The predicted molar refractivity (Wildman–Crippen MR) is 128 cm³/mol. The maximum atomic E-state index is 13.2. The number of carbonyl (C=O) groups is 1. The van der Waals surface area contributed by atoms with Crippen LogP contribution in [0.15, 0.2) is 60.0 Å². The van der Waals surface area contributed by atoms with Crippen molar-refractivity contribution in [3.63, 3.8) is 0 Å². The molecule has 168 valence electrons. The summed E-state index contributed by atoms with van der Waals surface area (Å²) in [6.45, 7) is 4.44. The number of anilines is 1. The molecule has 8 nitrogen and oxygen atoms in total. The van der Waals surface area contributed by atoms with E-state index < -0.39 is 0 Å². The van der Waals surface area contributed by atoms with Crippen molar-refractivity contribution < 1.29 is 9.53 Å². The Bertz CT molecular complexity index is 1250. The number of benzene rings is 1. The van der Waals surface area contributed by atoms with Gasteiger partial charge in [0.05, 0.1) is 4.88 Å². The maximum absolute atomic E-state index is 13.2. The highest BCUT2D eigenvalue weighted by Crippen LogP contribution is 2.26. The van der Waals surface area contributed by atoms with Crippen LogP contribution in [0.4, 0.5) is 5.82 Å². The Morgan fingerprint density at radius 3 is 2.52 bits per heavy atom. The number of amides is 1. The third-order valence-electron chi connectivity index (χ3n) is 5.53. The molecule has 1 aliphatic heterocycles. The smallest absolute Gasteiger partial charge is 0.272 e. The maximum Gasteiger partial charge on any atom is 0.272 e. The fraction of sp³-hybridized carbons (Fsp3) is 0.250. The van der Waals surface area contributed by atoms with Gasteiger partial charge >= 0.3 is 0 Å². The van der Waals surface area contributed by atoms with Gasteiger partial charge in [-0.25, -0.2) is 4.98 Å². The molecule has 1 saturated heterocycles. The lowest BCUT2D eigenvalue weighted by molar-refractivity contribution is 0.0735. The zero-order chi connectivity index (χ0) is 22.8. The van der Waals surface area contributed by atoms with Gasteiger partial charge in [-0.05, 0) is 36.6 Å². The van der Waals surface area contributed by atoms with Crippen LogP contribution in [0.1, 0.15) is 16.3 Å². The molecule has 9 heteroatoms. The number of thiophene rings is 1. The number of carbonyl (C=O) groups excluding carboxylic acids is 1. The van der Waals surface area contributed by atoms with Crippen molar-refractivity contribution in [3.05, 3.63) is 71.5 Å². The molecule has 5 rings (SSSR count). The molecule has 1 aromatic carbocycles. The SMILES string of the molecule is Cc1nc(Oc2ccccc2)cc(N2CCN(C(=O)c3cc(-c4cccs4)nn3C)CC2)n1. The molecule has 0 bridgehead atoms. The molecular formula is C24H24N6O2S. The van der Waals surface area contributed by atoms with Gasteiger partial charge < -0.3 is 14.5 Å². The fourth-order valence-corrected chi connectivity index (χ4v) is 4.54. The van der Waals surface area contributed by atoms with E-state index in [9.17, 15) is 4.79 Å². The first-order valence-electron chi connectivity index (χ1n) is 10.8. The first-order chi connectivity index (χ1) is 16.1. The summed E-state index contributed by atoms with van der Waals surface area (Å²) in [4.78, 5) is 27.3. The summed E-state index contributed by atoms with van der Waals surface area (Å²) in [6, 6.07) is 17.3. The Hall–Kier alpha value is -3.72. The zero-order valence-electron chi connectivity index (χ0n) is 18.5. The van der Waals surface area contributed by atoms with Crippen molar-refractivity contribution in [2.45, 2.75) is 6.92 Å². The molecule has 0 aliphatic carbocycles. The number of hydrogen-bond donors (Lipinski definition) is 0. The predicted octanol–water partition coefficient (Wildman–Crippen LogP) is 4.00. The van der Waals surface area contributed by atoms with Crippen LogP contribution in [0.25, 0.3) is 10.6 Å². The Labute approximate surface area is 196 Å². The van der Waals surface area contributed by atoms with E-state index in [1.54, 1.807) is 16.0 Å². The number of para-hydroxylation sites is 1. The molecule has 1 amide bonds. The topological polar surface area (TPSA) is 76.4 Å². The molecule has 1 fully saturated rings. The molecule has 4 aromatic rings. The second kappa shape index (κ2) is 9.03. The number of piperazine rings is 1. The third-order valence-corrected chi connectivity index (χ3v) is 6.42. The van der Waals surface area contributed by atoms with Crippen LogP contribution >= 0.6 is 11.3 Å². The van der Waals surface area contributed by atoms with E-state index >= 15 is 0 Å². The molecule has 0 spiro atoms. The summed E-state index contributed by atoms with van der Waals surface area (Å²) in [5.41, 5.74) is 1.43. The molecule has 0 unspecified atom stereocenters. The third kappa shape index (κ3) is 4.58. The lowest BCUT2D eigenvalue weighted by atomic mass is 10.2. The standard InChI is InChI=1S/C24H24N6O2S/c1-17-25-22(16-23(26-17)32-18-7-4-3-5-8-18)29-10-12-30(13-11-29)24(31)20-15-19(27-28(20)2)21-9-6-14-33-21/h3-9,14-16H,10-13H2,1-2H3. The first-order valence-corrected chi connectivity index (χ1v) is 11.7. The summed E-state index contributed by atoms with van der Waals surface area (Å²) in [5, 5.41) is 6.53. The summed E-state index contributed by atoms with van der Waals surface area (Å²) in [6.07, 6.45) is 0. The van der Waals surface area contributed by atoms with Crippen LogP contribution < -0.4 is 9.64 Å². The molecule has 33 heavy (non-hydrogen) atoms. The summed E-state index contributed by atoms with van der Waals surface area (Å²) < 4.78 is 7.57. The number of hydrogen-bond acceptors (Lipinski definition) is 7. The van der Waals surface area contributed by atoms with E-state index in [0.29, 0.717) is 43.6 Å². The molecule has 0 N–H and O–H groups in total. The minimum atomic E-state index is -0.000533. The number of ether oxygens (including phenoxy) is 1. The molecule has 3 aromatic heterocycles. The Kier molecular flexibility index (Phi) is 5.78. The lowest BCUT2D eigenvalue weighted by Gasteiger charge is -2.35. The minimum Gasteiger partial charge on any atom is -0.439 e. The fourth-order valence-electron chi connectivity index (χ4n) is 3.86. The van der Waals surface area contributed by atoms with E-state index in [0.717, 1.165) is 22.1 Å². The van der Waals surface area contributed by atoms with Crippen LogP contribution in [-0.2, 0) is 7.05 Å². The summed E-state index contributed by atoms with van der Waals surface area (Å²) >= 11 is 1.62. The van der Waals surface area contributed by atoms with Crippen molar-refractivity contribution in [2.75, 3.05) is 31.1 Å². The Morgan fingerprint density at radius 1 is 1.00 bits per heavy atom. The Morgan fingerprint density at radius 2 is 1.79 bits per heavy atom. The van der Waals surface area contributed by atoms with Gasteiger partial charge in [-0.15, -0.1) is 11.3 Å². The van der Waals surface area contributed by atoms with Crippen molar-refractivity contribution in [3.8, 4) is 22.2 Å². The van der Waals surface area contributed by atoms with Gasteiger partial charge in [-0.3, -0.25) is 9.48 Å². The van der Waals surface area contributed by atoms with E-state index in [1.165, 1.54) is 0 Å². The average Bonchev–Trinajstić information content (AvgIpc) is 3.49. The van der Waals surface area contributed by atoms with E-state index in [1.807, 2.05) is 78.8 Å². The minimum absolute atomic E-state index is 0.000533. The molecule has 4 heterocycles. The highest BCUT2D eigenvalue weighted by molar-refractivity contribution is 7.13. The second-order valence-electron chi connectivity index (χ2n) is 7.82. The number of nitrogens with zero attached hydrogens (tertiary/aromatic N) is 6. The molecule has 0 saturated carbocycles. The number of aromatic nitrogens is 4. The lowest BCUT2D eigenvalue weighted by Crippen LogP contribution is -2.49. The van der Waals surface area contributed by atoms with E-state index in [4.69, 9.17) is 4.74 Å². The van der Waals surface area contributed by atoms with Crippen molar-refractivity contribution in [1.29, 1.82) is 0 Å². The normalized spacial score (nSPS) is 13.9. The van der Waals surface area contributed by atoms with Gasteiger partial charge in [0.2, 0.25) is 5.88 Å². The van der Waals surface area contributed by atoms with Crippen LogP contribution in [0.2, 0.25) is 0 Å². The van der Waals surface area contributed by atoms with Gasteiger partial charge in [-0.1, -0.05) is 24.3 Å². The van der Waals surface area contributed by atoms with Gasteiger partial charge in [0.15, 0.2) is 0 Å². The van der Waals surface area contributed by atoms with Crippen LogP contribution in [0.3, 0.4) is 0 Å². The summed E-state index contributed by atoms with van der Waals surface area (Å²) in [7, 11) is 1.82. The van der Waals surface area contributed by atoms with Crippen LogP contribution in [-0.4, -0.2) is 56.7 Å². The molecule has 1 aliphatic rings. The van der Waals surface area contributed by atoms with Crippen LogP contribution in [0.5, 0.6) is 11.6 Å². The number of aryl methyl sites for hydroxylation is 2.